The van der Waals surface area contributed by atoms with E-state index in [4.69, 9.17) is 21.5 Å². The molecule has 7 heteroatoms. The molecule has 1 aromatic rings. The highest BCUT2D eigenvalue weighted by molar-refractivity contribution is 6.32. The monoisotopic (exact) mass is 409 g/mol. The summed E-state index contributed by atoms with van der Waals surface area (Å²) in [6.45, 7) is 2.65. The quantitative estimate of drug-likeness (QED) is 0.510. The van der Waals surface area contributed by atoms with Crippen molar-refractivity contribution in [2.24, 2.45) is 0 Å². The summed E-state index contributed by atoms with van der Waals surface area (Å²) in [5.41, 5.74) is 3.51. The summed E-state index contributed by atoms with van der Waals surface area (Å²) >= 11 is 6.27. The Bertz CT molecular complexity index is 652. The van der Waals surface area contributed by atoms with Crippen molar-refractivity contribution in [1.29, 1.82) is 0 Å². The highest BCUT2D eigenvalue weighted by Crippen LogP contribution is 2.30. The van der Waals surface area contributed by atoms with Gasteiger partial charge in [0, 0.05) is 19.1 Å². The molecule has 0 aromatic heterocycles. The molecule has 3 rings (SSSR count). The number of halogens is 1. The van der Waals surface area contributed by atoms with Crippen molar-refractivity contribution in [3.05, 3.63) is 28.8 Å². The Labute approximate surface area is 172 Å². The van der Waals surface area contributed by atoms with Gasteiger partial charge in [-0.25, -0.2) is 0 Å². The van der Waals surface area contributed by atoms with Crippen LogP contribution in [0, 0.1) is 0 Å². The summed E-state index contributed by atoms with van der Waals surface area (Å²) < 4.78 is 0. The number of nitrogens with one attached hydrogen (secondary N) is 1. The number of hydrogen-bond donors (Lipinski definition) is 2. The Kier molecular flexibility index (Phi) is 7.97. The van der Waals surface area contributed by atoms with Crippen molar-refractivity contribution >= 4 is 17.5 Å². The maximum Gasteiger partial charge on any atom is 0.227 e. The lowest BCUT2D eigenvalue weighted by Crippen LogP contribution is -2.53. The molecule has 6 nitrogen and oxygen atoms in total. The van der Waals surface area contributed by atoms with Gasteiger partial charge < -0.3 is 14.8 Å². The molecule has 1 heterocycles. The number of hydrogen-bond acceptors (Lipinski definition) is 5. The number of aliphatic hydroxyl groups excluding tert-OH is 1. The van der Waals surface area contributed by atoms with Crippen LogP contribution in [0.2, 0.25) is 5.02 Å². The molecule has 0 spiro atoms. The van der Waals surface area contributed by atoms with Crippen molar-refractivity contribution in [3.8, 4) is 5.75 Å². The smallest absolute Gasteiger partial charge is 0.227 e. The van der Waals surface area contributed by atoms with Gasteiger partial charge in [0.2, 0.25) is 5.91 Å². The zero-order valence-corrected chi connectivity index (χ0v) is 17.5. The van der Waals surface area contributed by atoms with Crippen LogP contribution >= 0.6 is 11.6 Å². The first-order valence-corrected chi connectivity index (χ1v) is 10.8. The number of hydroxylamine groups is 1. The van der Waals surface area contributed by atoms with Gasteiger partial charge in [-0.15, -0.1) is 0 Å². The zero-order valence-electron chi connectivity index (χ0n) is 16.7. The van der Waals surface area contributed by atoms with E-state index in [1.54, 1.807) is 12.1 Å². The number of rotatable bonds is 8. The van der Waals surface area contributed by atoms with Gasteiger partial charge in [-0.1, -0.05) is 30.5 Å². The van der Waals surface area contributed by atoms with Crippen molar-refractivity contribution in [2.75, 3.05) is 33.3 Å². The largest absolute Gasteiger partial charge is 0.407 e. The highest BCUT2D eigenvalue weighted by Gasteiger charge is 2.35. The molecule has 1 aliphatic carbocycles. The standard InChI is InChI=1S/C21H32ClN3O3/c1-24(18-6-2-3-7-19(18)25-11-4-5-12-25)21(27)15-16-8-9-20(17(22)14-16)28-23-10-13-26/h8-9,14,18-19,23,26H,2-7,10-13,15H2,1H3/t18?,19-/m1/s1. The molecule has 2 atom stereocenters. The lowest BCUT2D eigenvalue weighted by molar-refractivity contribution is -0.133. The molecule has 1 aromatic carbocycles. The van der Waals surface area contributed by atoms with Crippen LogP contribution in [0.3, 0.4) is 0 Å². The van der Waals surface area contributed by atoms with E-state index >= 15 is 0 Å². The van der Waals surface area contributed by atoms with Gasteiger partial charge in [0.15, 0.2) is 5.75 Å². The number of nitrogens with zero attached hydrogens (tertiary/aromatic N) is 2. The normalized spacial score (nSPS) is 23.0. The molecule has 2 fully saturated rings. The van der Waals surface area contributed by atoms with E-state index in [-0.39, 0.29) is 12.5 Å². The van der Waals surface area contributed by atoms with E-state index in [9.17, 15) is 4.79 Å². The van der Waals surface area contributed by atoms with E-state index < -0.39 is 0 Å². The van der Waals surface area contributed by atoms with Crippen LogP contribution in [0.25, 0.3) is 0 Å². The second-order valence-electron chi connectivity index (χ2n) is 7.83. The Morgan fingerprint density at radius 2 is 2.04 bits per heavy atom. The summed E-state index contributed by atoms with van der Waals surface area (Å²) in [5.74, 6) is 0.625. The third kappa shape index (κ3) is 5.38. The van der Waals surface area contributed by atoms with Crippen LogP contribution in [0.5, 0.6) is 5.75 Å². The number of aliphatic hydroxyl groups is 1. The number of amides is 1. The molecule has 2 aliphatic rings. The molecule has 1 saturated carbocycles. The Morgan fingerprint density at radius 1 is 1.29 bits per heavy atom. The Balaban J connectivity index is 1.60. The molecule has 1 unspecified atom stereocenters. The third-order valence-corrected chi connectivity index (χ3v) is 6.24. The molecular weight excluding hydrogens is 378 g/mol. The molecule has 1 amide bonds. The van der Waals surface area contributed by atoms with E-state index in [2.05, 4.69) is 10.4 Å². The van der Waals surface area contributed by atoms with Gasteiger partial charge in [-0.05, 0) is 56.5 Å². The average Bonchev–Trinajstić information content (AvgIpc) is 3.24. The van der Waals surface area contributed by atoms with Gasteiger partial charge in [0.05, 0.1) is 24.6 Å². The van der Waals surface area contributed by atoms with E-state index in [0.717, 1.165) is 12.0 Å². The lowest BCUT2D eigenvalue weighted by Gasteiger charge is -2.42. The van der Waals surface area contributed by atoms with Crippen LogP contribution in [0.1, 0.15) is 44.1 Å². The molecule has 1 aliphatic heterocycles. The van der Waals surface area contributed by atoms with Gasteiger partial charge in [-0.2, -0.15) is 5.48 Å². The number of carbonyl (C=O) groups excluding carboxylic acids is 1. The van der Waals surface area contributed by atoms with Crippen LogP contribution in [0.15, 0.2) is 18.2 Å². The minimum atomic E-state index is -0.0177. The predicted octanol–water partition coefficient (Wildman–Crippen LogP) is 2.62. The predicted molar refractivity (Wildman–Crippen MR) is 110 cm³/mol. The van der Waals surface area contributed by atoms with Crippen LogP contribution < -0.4 is 10.3 Å². The number of likely N-dealkylation sites (N-methyl/N-ethyl adjacent to an activating group) is 1. The van der Waals surface area contributed by atoms with Gasteiger partial charge in [0.25, 0.3) is 0 Å². The summed E-state index contributed by atoms with van der Waals surface area (Å²) in [6, 6.07) is 6.21. The van der Waals surface area contributed by atoms with Crippen LogP contribution in [0.4, 0.5) is 0 Å². The van der Waals surface area contributed by atoms with Crippen molar-refractivity contribution in [2.45, 2.75) is 57.0 Å². The molecule has 0 bridgehead atoms. The van der Waals surface area contributed by atoms with Crippen molar-refractivity contribution in [3.63, 3.8) is 0 Å². The first-order chi connectivity index (χ1) is 13.6. The minimum absolute atomic E-state index is 0.0177. The van der Waals surface area contributed by atoms with Crippen LogP contribution in [-0.4, -0.2) is 66.2 Å². The SMILES string of the molecule is CN(C(=O)Cc1ccc(ONCCO)c(Cl)c1)C1CCCC[C@H]1N1CCCC1. The molecule has 28 heavy (non-hydrogen) atoms. The Morgan fingerprint density at radius 3 is 2.75 bits per heavy atom. The molecule has 156 valence electrons. The summed E-state index contributed by atoms with van der Waals surface area (Å²) in [7, 11) is 1.96. The molecule has 1 saturated heterocycles. The zero-order chi connectivity index (χ0) is 19.9. The maximum absolute atomic E-state index is 13.0. The van der Waals surface area contributed by atoms with Crippen LogP contribution in [-0.2, 0) is 11.2 Å². The number of carbonyl (C=O) groups is 1. The highest BCUT2D eigenvalue weighted by atomic mass is 35.5. The van der Waals surface area contributed by atoms with E-state index in [0.29, 0.717) is 35.8 Å². The van der Waals surface area contributed by atoms with Crippen molar-refractivity contribution < 1.29 is 14.7 Å². The van der Waals surface area contributed by atoms with Gasteiger partial charge in [0.1, 0.15) is 0 Å². The topological polar surface area (TPSA) is 65.0 Å². The first kappa shape index (κ1) is 21.4. The van der Waals surface area contributed by atoms with Gasteiger partial charge in [-0.3, -0.25) is 9.69 Å². The summed E-state index contributed by atoms with van der Waals surface area (Å²) in [4.78, 5) is 22.8. The summed E-state index contributed by atoms with van der Waals surface area (Å²) in [6.07, 6.45) is 7.65. The van der Waals surface area contributed by atoms with Gasteiger partial charge >= 0.3 is 0 Å². The molecule has 2 N–H and O–H groups in total. The van der Waals surface area contributed by atoms with E-state index in [1.165, 1.54) is 45.2 Å². The fraction of sp³-hybridized carbons (Fsp3) is 0.667. The lowest BCUT2D eigenvalue weighted by atomic mass is 9.88. The average molecular weight is 410 g/mol. The van der Waals surface area contributed by atoms with E-state index in [1.807, 2.05) is 18.0 Å². The molecular formula is C21H32ClN3O3. The maximum atomic E-state index is 13.0. The fourth-order valence-corrected chi connectivity index (χ4v) is 4.68. The second-order valence-corrected chi connectivity index (χ2v) is 8.24. The second kappa shape index (κ2) is 10.4. The number of likely N-dealkylation sites (tertiary alicyclic amines) is 1. The first-order valence-electron chi connectivity index (χ1n) is 10.4. The third-order valence-electron chi connectivity index (χ3n) is 5.94. The van der Waals surface area contributed by atoms with Crippen molar-refractivity contribution in [1.82, 2.24) is 15.3 Å². The Hall–Kier alpha value is -1.34. The minimum Gasteiger partial charge on any atom is -0.407 e. The number of benzene rings is 1. The molecule has 0 radical (unpaired) electrons. The summed E-state index contributed by atoms with van der Waals surface area (Å²) in [5, 5.41) is 9.23. The fourth-order valence-electron chi connectivity index (χ4n) is 4.44.